The van der Waals surface area contributed by atoms with E-state index in [1.54, 1.807) is 14.2 Å². The van der Waals surface area contributed by atoms with Crippen molar-refractivity contribution >= 4 is 17.2 Å². The molecule has 1 heterocycles. The number of allylic oxidation sites excluding steroid dienone is 1. The standard InChI is InChI=1S/C34H32N2O4/c1-38-31-17-16-23(20-32(31)39-2)24-18-28-33(29(37)19-24)34(36-27-14-8-7-13-26(27)35-28)25-12-6-9-15-30(25)40-21-22-10-4-3-5-11-22/h3-17,20,24,34-36H,18-19,21H2,1-2H3/t24-,34+/m0/s1. The van der Waals surface area contributed by atoms with E-state index in [1.165, 1.54) is 0 Å². The third kappa shape index (κ3) is 5.00. The van der Waals surface area contributed by atoms with Crippen molar-refractivity contribution in [3.05, 3.63) is 125 Å². The molecule has 0 radical (unpaired) electrons. The minimum Gasteiger partial charge on any atom is -0.493 e. The molecule has 1 aliphatic carbocycles. The van der Waals surface area contributed by atoms with Crippen molar-refractivity contribution in [2.24, 2.45) is 0 Å². The second kappa shape index (κ2) is 11.2. The van der Waals surface area contributed by atoms with Gasteiger partial charge in [-0.15, -0.1) is 0 Å². The van der Waals surface area contributed by atoms with Gasteiger partial charge >= 0.3 is 0 Å². The number of Topliss-reactive ketones (excluding diaryl/α,β-unsaturated/α-hetero) is 1. The van der Waals surface area contributed by atoms with Gasteiger partial charge < -0.3 is 24.8 Å². The number of rotatable bonds is 7. The molecule has 6 rings (SSSR count). The van der Waals surface area contributed by atoms with Gasteiger partial charge in [0.15, 0.2) is 17.3 Å². The molecule has 2 N–H and O–H groups in total. The monoisotopic (exact) mass is 532 g/mol. The normalized spacial score (nSPS) is 18.0. The number of ether oxygens (including phenoxy) is 3. The lowest BCUT2D eigenvalue weighted by Crippen LogP contribution is -2.27. The topological polar surface area (TPSA) is 68.8 Å². The highest BCUT2D eigenvalue weighted by molar-refractivity contribution is 6.01. The first-order valence-corrected chi connectivity index (χ1v) is 13.5. The summed E-state index contributed by atoms with van der Waals surface area (Å²) >= 11 is 0. The van der Waals surface area contributed by atoms with Gasteiger partial charge in [0, 0.05) is 23.3 Å². The Labute approximate surface area is 234 Å². The molecule has 1 aliphatic heterocycles. The second-order valence-corrected chi connectivity index (χ2v) is 10.1. The molecule has 6 nitrogen and oxygen atoms in total. The quantitative estimate of drug-likeness (QED) is 0.261. The summed E-state index contributed by atoms with van der Waals surface area (Å²) in [5, 5.41) is 7.29. The molecule has 2 aliphatic rings. The van der Waals surface area contributed by atoms with Crippen LogP contribution in [-0.2, 0) is 11.4 Å². The number of hydrogen-bond acceptors (Lipinski definition) is 6. The second-order valence-electron chi connectivity index (χ2n) is 10.1. The molecular formula is C34H32N2O4. The summed E-state index contributed by atoms with van der Waals surface area (Å²) in [5.74, 6) is 2.21. The van der Waals surface area contributed by atoms with Gasteiger partial charge in [0.25, 0.3) is 0 Å². The van der Waals surface area contributed by atoms with E-state index >= 15 is 0 Å². The largest absolute Gasteiger partial charge is 0.493 e. The van der Waals surface area contributed by atoms with Crippen LogP contribution in [0.4, 0.5) is 11.4 Å². The van der Waals surface area contributed by atoms with Crippen LogP contribution < -0.4 is 24.8 Å². The van der Waals surface area contributed by atoms with Crippen molar-refractivity contribution in [1.29, 1.82) is 0 Å². The average molecular weight is 533 g/mol. The van der Waals surface area contributed by atoms with E-state index in [1.807, 2.05) is 97.1 Å². The van der Waals surface area contributed by atoms with Crippen molar-refractivity contribution in [3.63, 3.8) is 0 Å². The molecule has 0 unspecified atom stereocenters. The van der Waals surface area contributed by atoms with Crippen LogP contribution in [0.25, 0.3) is 0 Å². The molecule has 2 atom stereocenters. The van der Waals surface area contributed by atoms with Crippen molar-refractivity contribution in [2.45, 2.75) is 31.4 Å². The van der Waals surface area contributed by atoms with E-state index in [0.717, 1.165) is 45.1 Å². The lowest BCUT2D eigenvalue weighted by Gasteiger charge is -2.30. The summed E-state index contributed by atoms with van der Waals surface area (Å²) in [5.41, 5.74) is 6.64. The smallest absolute Gasteiger partial charge is 0.163 e. The number of fused-ring (bicyclic) bond motifs is 1. The van der Waals surface area contributed by atoms with Crippen LogP contribution in [0.5, 0.6) is 17.2 Å². The van der Waals surface area contributed by atoms with Crippen LogP contribution in [-0.4, -0.2) is 20.0 Å². The van der Waals surface area contributed by atoms with Gasteiger partial charge in [-0.05, 0) is 53.8 Å². The third-order valence-corrected chi connectivity index (χ3v) is 7.66. The highest BCUT2D eigenvalue weighted by Crippen LogP contribution is 2.46. The molecule has 6 heteroatoms. The third-order valence-electron chi connectivity index (χ3n) is 7.66. The Morgan fingerprint density at radius 1 is 0.750 bits per heavy atom. The fourth-order valence-corrected chi connectivity index (χ4v) is 5.65. The van der Waals surface area contributed by atoms with Gasteiger partial charge in [-0.2, -0.15) is 0 Å². The number of ketones is 1. The number of carbonyl (C=O) groups excluding carboxylic acids is 1. The minimum atomic E-state index is -0.364. The van der Waals surface area contributed by atoms with Crippen LogP contribution in [0.1, 0.15) is 41.5 Å². The maximum atomic E-state index is 14.0. The molecule has 4 aromatic rings. The Morgan fingerprint density at radius 3 is 2.27 bits per heavy atom. The fraction of sp³-hybridized carbons (Fsp3) is 0.206. The molecule has 202 valence electrons. The van der Waals surface area contributed by atoms with Gasteiger partial charge in [0.05, 0.1) is 31.6 Å². The Morgan fingerprint density at radius 2 is 1.48 bits per heavy atom. The first-order valence-electron chi connectivity index (χ1n) is 13.5. The Bertz CT molecular complexity index is 1560. The van der Waals surface area contributed by atoms with Gasteiger partial charge in [-0.1, -0.05) is 66.7 Å². The zero-order valence-corrected chi connectivity index (χ0v) is 22.6. The molecular weight excluding hydrogens is 500 g/mol. The highest BCUT2D eigenvalue weighted by Gasteiger charge is 2.37. The summed E-state index contributed by atoms with van der Waals surface area (Å²) in [6, 6.07) is 31.7. The summed E-state index contributed by atoms with van der Waals surface area (Å²) in [6.45, 7) is 0.445. The van der Waals surface area contributed by atoms with Crippen molar-refractivity contribution in [1.82, 2.24) is 0 Å². The number of para-hydroxylation sites is 3. The number of methoxy groups -OCH3 is 2. The van der Waals surface area contributed by atoms with Crippen molar-refractivity contribution < 1.29 is 19.0 Å². The van der Waals surface area contributed by atoms with E-state index in [0.29, 0.717) is 30.9 Å². The lowest BCUT2D eigenvalue weighted by molar-refractivity contribution is -0.116. The van der Waals surface area contributed by atoms with Gasteiger partial charge in [-0.3, -0.25) is 4.79 Å². The summed E-state index contributed by atoms with van der Waals surface area (Å²) in [4.78, 5) is 14.0. The molecule has 0 bridgehead atoms. The Hall–Kier alpha value is -4.71. The molecule has 0 saturated carbocycles. The first-order chi connectivity index (χ1) is 19.6. The van der Waals surface area contributed by atoms with E-state index in [9.17, 15) is 4.79 Å². The fourth-order valence-electron chi connectivity index (χ4n) is 5.65. The Balaban J connectivity index is 1.39. The summed E-state index contributed by atoms with van der Waals surface area (Å²) < 4.78 is 17.3. The first kappa shape index (κ1) is 25.6. The van der Waals surface area contributed by atoms with Crippen LogP contribution in [0, 0.1) is 0 Å². The molecule has 0 fully saturated rings. The molecule has 40 heavy (non-hydrogen) atoms. The predicted octanol–water partition coefficient (Wildman–Crippen LogP) is 7.26. The van der Waals surface area contributed by atoms with E-state index in [-0.39, 0.29) is 17.7 Å². The van der Waals surface area contributed by atoms with Gasteiger partial charge in [0.2, 0.25) is 0 Å². The minimum absolute atomic E-state index is 0.00837. The molecule has 0 amide bonds. The zero-order chi connectivity index (χ0) is 27.5. The SMILES string of the molecule is COc1ccc([C@@H]2CC(=O)C3=C(C2)Nc2ccccc2N[C@@H]3c2ccccc2OCc2ccccc2)cc1OC. The predicted molar refractivity (Wildman–Crippen MR) is 157 cm³/mol. The van der Waals surface area contributed by atoms with Crippen LogP contribution in [0.15, 0.2) is 108 Å². The molecule has 0 saturated heterocycles. The number of carbonyl (C=O) groups is 1. The number of nitrogens with one attached hydrogen (secondary N) is 2. The van der Waals surface area contributed by atoms with Crippen LogP contribution in [0.2, 0.25) is 0 Å². The summed E-state index contributed by atoms with van der Waals surface area (Å²) in [6.07, 6.45) is 1.09. The zero-order valence-electron chi connectivity index (χ0n) is 22.6. The number of hydrogen-bond donors (Lipinski definition) is 2. The van der Waals surface area contributed by atoms with Gasteiger partial charge in [0.1, 0.15) is 12.4 Å². The van der Waals surface area contributed by atoms with E-state index in [2.05, 4.69) is 10.6 Å². The van der Waals surface area contributed by atoms with Crippen molar-refractivity contribution in [2.75, 3.05) is 24.9 Å². The molecule has 4 aromatic carbocycles. The maximum absolute atomic E-state index is 14.0. The molecule has 0 spiro atoms. The van der Waals surface area contributed by atoms with Gasteiger partial charge in [-0.25, -0.2) is 0 Å². The Kier molecular flexibility index (Phi) is 7.15. The molecule has 0 aromatic heterocycles. The van der Waals surface area contributed by atoms with E-state index in [4.69, 9.17) is 14.2 Å². The number of benzene rings is 4. The van der Waals surface area contributed by atoms with Crippen molar-refractivity contribution in [3.8, 4) is 17.2 Å². The highest BCUT2D eigenvalue weighted by atomic mass is 16.5. The average Bonchev–Trinajstić information content (AvgIpc) is 3.17. The summed E-state index contributed by atoms with van der Waals surface area (Å²) in [7, 11) is 3.26. The van der Waals surface area contributed by atoms with Crippen LogP contribution >= 0.6 is 0 Å². The maximum Gasteiger partial charge on any atom is 0.163 e. The lowest BCUT2D eigenvalue weighted by atomic mass is 9.78. The number of anilines is 2. The van der Waals surface area contributed by atoms with E-state index < -0.39 is 0 Å². The van der Waals surface area contributed by atoms with Crippen LogP contribution in [0.3, 0.4) is 0 Å².